The van der Waals surface area contributed by atoms with Crippen LogP contribution >= 0.6 is 0 Å². The Bertz CT molecular complexity index is 1090. The molecule has 3 aromatic heterocycles. The van der Waals surface area contributed by atoms with Crippen LogP contribution in [0.5, 0.6) is 0 Å². The van der Waals surface area contributed by atoms with E-state index in [9.17, 15) is 4.39 Å². The molecule has 2 fully saturated rings. The molecule has 10 heteroatoms. The van der Waals surface area contributed by atoms with Gasteiger partial charge in [0, 0.05) is 25.3 Å². The van der Waals surface area contributed by atoms with Crippen molar-refractivity contribution in [3.05, 3.63) is 18.2 Å². The number of hydrogen-bond acceptors (Lipinski definition) is 7. The number of halogens is 1. The zero-order chi connectivity index (χ0) is 21.7. The van der Waals surface area contributed by atoms with Crippen LogP contribution in [0, 0.1) is 6.92 Å². The van der Waals surface area contributed by atoms with Gasteiger partial charge in [-0.3, -0.25) is 4.68 Å². The van der Waals surface area contributed by atoms with Crippen molar-refractivity contribution in [1.82, 2.24) is 34.2 Å². The number of alkyl halides is 1. The highest BCUT2D eigenvalue weighted by Crippen LogP contribution is 2.30. The fraction of sp³-hybridized carbons (Fsp3) is 0.619. The number of nitrogens with zero attached hydrogens (tertiary/aromatic N) is 8. The molecule has 2 aliphatic rings. The molecule has 2 saturated heterocycles. The number of anilines is 3. The van der Waals surface area contributed by atoms with Crippen LogP contribution < -0.4 is 10.2 Å². The smallest absolute Gasteiger partial charge is 0.229 e. The average Bonchev–Trinajstić information content (AvgIpc) is 3.49. The zero-order valence-electron chi connectivity index (χ0n) is 18.6. The highest BCUT2D eigenvalue weighted by Gasteiger charge is 2.27. The molecule has 0 aliphatic carbocycles. The van der Waals surface area contributed by atoms with Crippen LogP contribution in [-0.4, -0.2) is 73.6 Å². The Labute approximate surface area is 181 Å². The number of likely N-dealkylation sites (N-methyl/N-ethyl adjacent to an activating group) is 1. The number of nitrogens with one attached hydrogen (secondary N) is 1. The molecule has 2 aliphatic heterocycles. The second-order valence-corrected chi connectivity index (χ2v) is 9.06. The number of hydrogen-bond donors (Lipinski definition) is 1. The monoisotopic (exact) mass is 427 g/mol. The van der Waals surface area contributed by atoms with Gasteiger partial charge in [0.1, 0.15) is 6.17 Å². The lowest BCUT2D eigenvalue weighted by Gasteiger charge is -2.17. The highest BCUT2D eigenvalue weighted by atomic mass is 19.1. The summed E-state index contributed by atoms with van der Waals surface area (Å²) in [6.07, 6.45) is 4.62. The molecule has 0 saturated carbocycles. The molecule has 166 valence electrons. The van der Waals surface area contributed by atoms with Gasteiger partial charge in [0.05, 0.1) is 30.3 Å². The van der Waals surface area contributed by atoms with Gasteiger partial charge in [0.2, 0.25) is 5.95 Å². The number of imidazole rings is 1. The van der Waals surface area contributed by atoms with E-state index in [2.05, 4.69) is 47.0 Å². The first-order chi connectivity index (χ1) is 14.9. The molecule has 0 radical (unpaired) electrons. The molecule has 31 heavy (non-hydrogen) atoms. The van der Waals surface area contributed by atoms with Gasteiger partial charge in [0.15, 0.2) is 17.0 Å². The van der Waals surface area contributed by atoms with Crippen LogP contribution in [-0.2, 0) is 0 Å². The van der Waals surface area contributed by atoms with Crippen LogP contribution in [0.15, 0.2) is 12.5 Å². The van der Waals surface area contributed by atoms with Gasteiger partial charge < -0.3 is 19.7 Å². The minimum absolute atomic E-state index is 0.206. The Balaban J connectivity index is 1.52. The van der Waals surface area contributed by atoms with Crippen molar-refractivity contribution in [1.29, 1.82) is 0 Å². The minimum atomic E-state index is -0.837. The molecule has 0 bridgehead atoms. The fourth-order valence-electron chi connectivity index (χ4n) is 4.46. The maximum atomic E-state index is 13.9. The molecular formula is C21H30FN9. The second-order valence-electron chi connectivity index (χ2n) is 9.06. The number of fused-ring (bicyclic) bond motifs is 1. The van der Waals surface area contributed by atoms with E-state index in [0.29, 0.717) is 42.8 Å². The van der Waals surface area contributed by atoms with E-state index in [1.165, 1.54) is 0 Å². The molecule has 0 aromatic carbocycles. The van der Waals surface area contributed by atoms with Crippen molar-refractivity contribution in [2.45, 2.75) is 51.9 Å². The van der Waals surface area contributed by atoms with E-state index in [1.807, 2.05) is 16.4 Å². The van der Waals surface area contributed by atoms with E-state index in [0.717, 1.165) is 36.5 Å². The number of rotatable bonds is 5. The summed E-state index contributed by atoms with van der Waals surface area (Å²) in [6.45, 7) is 9.21. The van der Waals surface area contributed by atoms with Crippen molar-refractivity contribution in [2.75, 3.05) is 43.4 Å². The number of aromatic nitrogens is 6. The van der Waals surface area contributed by atoms with Crippen molar-refractivity contribution in [3.63, 3.8) is 0 Å². The Morgan fingerprint density at radius 1 is 1.16 bits per heavy atom. The van der Waals surface area contributed by atoms with Crippen molar-refractivity contribution < 1.29 is 4.39 Å². The maximum absolute atomic E-state index is 13.9. The van der Waals surface area contributed by atoms with Crippen LogP contribution in [0.1, 0.15) is 44.5 Å². The summed E-state index contributed by atoms with van der Waals surface area (Å²) in [7, 11) is 2.14. The molecule has 3 aromatic rings. The van der Waals surface area contributed by atoms with Gasteiger partial charge in [-0.25, -0.2) is 9.37 Å². The fourth-order valence-corrected chi connectivity index (χ4v) is 4.46. The first-order valence-electron chi connectivity index (χ1n) is 11.0. The summed E-state index contributed by atoms with van der Waals surface area (Å²) >= 11 is 0. The molecule has 0 amide bonds. The van der Waals surface area contributed by atoms with Gasteiger partial charge in [0.25, 0.3) is 0 Å². The summed E-state index contributed by atoms with van der Waals surface area (Å²) < 4.78 is 17.9. The van der Waals surface area contributed by atoms with Gasteiger partial charge in [-0.1, -0.05) is 0 Å². The summed E-state index contributed by atoms with van der Waals surface area (Å²) in [5.74, 6) is 1.17. The van der Waals surface area contributed by atoms with Crippen LogP contribution in [0.4, 0.5) is 21.8 Å². The van der Waals surface area contributed by atoms with E-state index in [1.54, 1.807) is 6.33 Å². The Morgan fingerprint density at radius 3 is 2.68 bits per heavy atom. The molecule has 1 N–H and O–H groups in total. The van der Waals surface area contributed by atoms with Gasteiger partial charge in [-0.15, -0.1) is 0 Å². The Kier molecular flexibility index (Phi) is 5.04. The Morgan fingerprint density at radius 2 is 2.00 bits per heavy atom. The normalized spacial score (nSPS) is 22.3. The maximum Gasteiger partial charge on any atom is 0.229 e. The third kappa shape index (κ3) is 3.73. The van der Waals surface area contributed by atoms with E-state index < -0.39 is 6.17 Å². The average molecular weight is 428 g/mol. The van der Waals surface area contributed by atoms with Gasteiger partial charge in [-0.05, 0) is 47.2 Å². The third-order valence-corrected chi connectivity index (χ3v) is 6.29. The highest BCUT2D eigenvalue weighted by molar-refractivity contribution is 5.87. The summed E-state index contributed by atoms with van der Waals surface area (Å²) in [4.78, 5) is 18.3. The Hall–Kier alpha value is -2.75. The molecule has 9 nitrogen and oxygen atoms in total. The topological polar surface area (TPSA) is 79.9 Å². The van der Waals surface area contributed by atoms with Crippen molar-refractivity contribution in [3.8, 4) is 0 Å². The quantitative estimate of drug-likeness (QED) is 0.670. The van der Waals surface area contributed by atoms with Gasteiger partial charge in [-0.2, -0.15) is 15.1 Å². The lowest BCUT2D eigenvalue weighted by atomic mass is 10.3. The second kappa shape index (κ2) is 7.74. The van der Waals surface area contributed by atoms with Crippen LogP contribution in [0.2, 0.25) is 0 Å². The number of likely N-dealkylation sites (tertiary alicyclic amines) is 1. The SMILES string of the molecule is Cc1nn(C2CCN(C)C2)cc1Nc1nc(N2CCC(F)C2)nc2c1ncn2C(C)C. The van der Waals surface area contributed by atoms with Crippen LogP contribution in [0.3, 0.4) is 0 Å². The number of aryl methyl sites for hydroxylation is 1. The van der Waals surface area contributed by atoms with E-state index in [4.69, 9.17) is 15.1 Å². The summed E-state index contributed by atoms with van der Waals surface area (Å²) in [5, 5.41) is 8.20. The zero-order valence-corrected chi connectivity index (χ0v) is 18.6. The first kappa shape index (κ1) is 20.2. The molecule has 0 spiro atoms. The molecular weight excluding hydrogens is 397 g/mol. The third-order valence-electron chi connectivity index (χ3n) is 6.29. The lowest BCUT2D eigenvalue weighted by Crippen LogP contribution is -2.23. The predicted molar refractivity (Wildman–Crippen MR) is 119 cm³/mol. The van der Waals surface area contributed by atoms with E-state index in [-0.39, 0.29) is 6.04 Å². The minimum Gasteiger partial charge on any atom is -0.338 e. The first-order valence-corrected chi connectivity index (χ1v) is 11.0. The molecule has 2 atom stereocenters. The predicted octanol–water partition coefficient (Wildman–Crippen LogP) is 3.08. The molecule has 5 rings (SSSR count). The molecule has 2 unspecified atom stereocenters. The van der Waals surface area contributed by atoms with E-state index >= 15 is 0 Å². The van der Waals surface area contributed by atoms with Crippen molar-refractivity contribution in [2.24, 2.45) is 0 Å². The largest absolute Gasteiger partial charge is 0.338 e. The van der Waals surface area contributed by atoms with Crippen LogP contribution in [0.25, 0.3) is 11.2 Å². The van der Waals surface area contributed by atoms with Crippen molar-refractivity contribution >= 4 is 28.6 Å². The molecule has 5 heterocycles. The van der Waals surface area contributed by atoms with Gasteiger partial charge >= 0.3 is 0 Å². The standard InChI is InChI=1S/C21H30FN9/c1-13(2)30-12-23-18-19(25-21(26-20(18)30)29-8-5-15(22)9-29)24-17-11-31(27-14(17)3)16-6-7-28(4)10-16/h11-13,15-16H,5-10H2,1-4H3,(H,24,25,26). The summed E-state index contributed by atoms with van der Waals surface area (Å²) in [6, 6.07) is 0.586. The summed E-state index contributed by atoms with van der Waals surface area (Å²) in [5.41, 5.74) is 3.29. The lowest BCUT2D eigenvalue weighted by molar-refractivity contribution is 0.364.